The molecule has 1 saturated heterocycles. The van der Waals surface area contributed by atoms with Crippen LogP contribution in [0.25, 0.3) is 0 Å². The molecule has 0 saturated carbocycles. The van der Waals surface area contributed by atoms with Crippen LogP contribution in [0.4, 0.5) is 10.5 Å². The predicted octanol–water partition coefficient (Wildman–Crippen LogP) is 4.28. The van der Waals surface area contributed by atoms with Crippen molar-refractivity contribution in [2.75, 3.05) is 38.8 Å². The Morgan fingerprint density at radius 1 is 1.12 bits per heavy atom. The number of para-hydroxylation sites is 1. The maximum absolute atomic E-state index is 12.9. The second-order valence-electron chi connectivity index (χ2n) is 7.08. The van der Waals surface area contributed by atoms with Crippen LogP contribution in [0.5, 0.6) is 0 Å². The normalized spacial score (nSPS) is 19.8. The minimum atomic E-state index is -0.0204. The molecule has 1 heterocycles. The maximum Gasteiger partial charge on any atom is 0.321 e. The van der Waals surface area contributed by atoms with Gasteiger partial charge in [0.1, 0.15) is 0 Å². The first-order valence-corrected chi connectivity index (χ1v) is 10.1. The minimum absolute atomic E-state index is 0.0204. The molecule has 1 N–H and O–H groups in total. The van der Waals surface area contributed by atoms with E-state index in [1.165, 1.54) is 11.1 Å². The minimum Gasteiger partial charge on any atom is -0.322 e. The zero-order valence-corrected chi connectivity index (χ0v) is 16.7. The topological polar surface area (TPSA) is 35.6 Å². The summed E-state index contributed by atoms with van der Waals surface area (Å²) in [6.07, 6.45) is 2.02. The van der Waals surface area contributed by atoms with Gasteiger partial charge in [0.2, 0.25) is 0 Å². The van der Waals surface area contributed by atoms with E-state index < -0.39 is 0 Å². The molecule has 1 fully saturated rings. The van der Waals surface area contributed by atoms with E-state index in [-0.39, 0.29) is 6.03 Å². The van der Waals surface area contributed by atoms with Crippen LogP contribution in [-0.4, -0.2) is 55.3 Å². The van der Waals surface area contributed by atoms with Crippen molar-refractivity contribution < 1.29 is 4.79 Å². The summed E-state index contributed by atoms with van der Waals surface area (Å²) in [5.74, 6) is 0.326. The van der Waals surface area contributed by atoms with Crippen LogP contribution in [0.3, 0.4) is 0 Å². The molecule has 2 amide bonds. The van der Waals surface area contributed by atoms with E-state index in [0.29, 0.717) is 12.0 Å². The third-order valence-corrected chi connectivity index (χ3v) is 5.89. The fourth-order valence-electron chi connectivity index (χ4n) is 3.56. The zero-order valence-electron chi connectivity index (χ0n) is 15.9. The lowest BCUT2D eigenvalue weighted by atomic mass is 9.93. The molecule has 138 valence electrons. The van der Waals surface area contributed by atoms with Crippen molar-refractivity contribution in [3.63, 3.8) is 0 Å². The first-order chi connectivity index (χ1) is 12.5. The Kier molecular flexibility index (Phi) is 5.89. The van der Waals surface area contributed by atoms with E-state index in [2.05, 4.69) is 55.5 Å². The summed E-state index contributed by atoms with van der Waals surface area (Å²) in [5, 5.41) is 3.09. The molecule has 2 aromatic carbocycles. The number of carbonyl (C=O) groups is 1. The average Bonchev–Trinajstić information content (AvgIpc) is 3.08. The number of thioether (sulfide) groups is 1. The van der Waals surface area contributed by atoms with E-state index in [0.717, 1.165) is 23.7 Å². The van der Waals surface area contributed by atoms with Crippen molar-refractivity contribution in [3.8, 4) is 0 Å². The molecular formula is C21H27N3OS. The first kappa shape index (κ1) is 18.8. The van der Waals surface area contributed by atoms with Crippen LogP contribution in [0.2, 0.25) is 0 Å². The van der Waals surface area contributed by atoms with Crippen LogP contribution in [0, 0.1) is 6.92 Å². The molecule has 26 heavy (non-hydrogen) atoms. The maximum atomic E-state index is 12.9. The van der Waals surface area contributed by atoms with Gasteiger partial charge in [0.05, 0.1) is 5.69 Å². The number of anilines is 1. The predicted molar refractivity (Wildman–Crippen MR) is 110 cm³/mol. The number of aryl methyl sites for hydroxylation is 1. The van der Waals surface area contributed by atoms with Gasteiger partial charge in [0.15, 0.2) is 0 Å². The molecular weight excluding hydrogens is 342 g/mol. The standard InChI is InChI=1S/C21H27N3OS/c1-15-9-11-16(12-10-15)17-13-24(14-19(17)23(2)3)21(25)22-18-7-5-6-8-20(18)26-4/h5-12,17,19H,13-14H2,1-4H3,(H,22,25). The molecule has 5 heteroatoms. The highest BCUT2D eigenvalue weighted by Crippen LogP contribution is 2.31. The molecule has 1 aliphatic rings. The fourth-order valence-corrected chi connectivity index (χ4v) is 4.11. The van der Waals surface area contributed by atoms with Crippen LogP contribution in [0.1, 0.15) is 17.0 Å². The van der Waals surface area contributed by atoms with Crippen molar-refractivity contribution in [1.82, 2.24) is 9.80 Å². The summed E-state index contributed by atoms with van der Waals surface area (Å²) < 4.78 is 0. The van der Waals surface area contributed by atoms with Gasteiger partial charge in [-0.1, -0.05) is 42.0 Å². The van der Waals surface area contributed by atoms with Crippen molar-refractivity contribution in [2.45, 2.75) is 23.8 Å². The Morgan fingerprint density at radius 3 is 2.46 bits per heavy atom. The summed E-state index contributed by atoms with van der Waals surface area (Å²) in [7, 11) is 4.19. The van der Waals surface area contributed by atoms with E-state index in [9.17, 15) is 4.79 Å². The van der Waals surface area contributed by atoms with Crippen molar-refractivity contribution in [1.29, 1.82) is 0 Å². The highest BCUT2D eigenvalue weighted by Gasteiger charge is 2.37. The molecule has 0 bridgehead atoms. The summed E-state index contributed by atoms with van der Waals surface area (Å²) >= 11 is 1.64. The monoisotopic (exact) mass is 369 g/mol. The SMILES string of the molecule is CSc1ccccc1NC(=O)N1CC(c2ccc(C)cc2)C(N(C)C)C1. The number of nitrogens with zero attached hydrogens (tertiary/aromatic N) is 2. The number of amides is 2. The lowest BCUT2D eigenvalue weighted by Crippen LogP contribution is -2.37. The number of nitrogens with one attached hydrogen (secondary N) is 1. The van der Waals surface area contributed by atoms with E-state index in [1.807, 2.05) is 35.4 Å². The number of rotatable bonds is 4. The second-order valence-corrected chi connectivity index (χ2v) is 7.93. The van der Waals surface area contributed by atoms with Gasteiger partial charge in [-0.2, -0.15) is 0 Å². The molecule has 2 aromatic rings. The number of likely N-dealkylation sites (tertiary alicyclic amines) is 1. The molecule has 0 aromatic heterocycles. The Balaban J connectivity index is 1.76. The lowest BCUT2D eigenvalue weighted by Gasteiger charge is -2.25. The second kappa shape index (κ2) is 8.14. The number of carbonyl (C=O) groups excluding carboxylic acids is 1. The number of hydrogen-bond donors (Lipinski definition) is 1. The van der Waals surface area contributed by atoms with Crippen molar-refractivity contribution >= 4 is 23.5 Å². The lowest BCUT2D eigenvalue weighted by molar-refractivity contribution is 0.216. The molecule has 2 unspecified atom stereocenters. The third-order valence-electron chi connectivity index (χ3n) is 5.09. The Morgan fingerprint density at radius 2 is 1.81 bits per heavy atom. The third kappa shape index (κ3) is 4.05. The van der Waals surface area contributed by atoms with Gasteiger partial charge in [-0.3, -0.25) is 0 Å². The molecule has 2 atom stereocenters. The number of benzene rings is 2. The van der Waals surface area contributed by atoms with E-state index >= 15 is 0 Å². The van der Waals surface area contributed by atoms with Gasteiger partial charge in [0, 0.05) is 29.9 Å². The molecule has 3 rings (SSSR count). The van der Waals surface area contributed by atoms with E-state index in [1.54, 1.807) is 11.8 Å². The summed E-state index contributed by atoms with van der Waals surface area (Å²) in [6, 6.07) is 16.9. The number of likely N-dealkylation sites (N-methyl/N-ethyl adjacent to an activating group) is 1. The van der Waals surface area contributed by atoms with Crippen LogP contribution in [0.15, 0.2) is 53.4 Å². The fraction of sp³-hybridized carbons (Fsp3) is 0.381. The Bertz CT molecular complexity index is 760. The summed E-state index contributed by atoms with van der Waals surface area (Å²) in [5.41, 5.74) is 3.44. The summed E-state index contributed by atoms with van der Waals surface area (Å²) in [6.45, 7) is 3.57. The summed E-state index contributed by atoms with van der Waals surface area (Å²) in [4.78, 5) is 18.1. The van der Waals surface area contributed by atoms with E-state index in [4.69, 9.17) is 0 Å². The molecule has 4 nitrogen and oxygen atoms in total. The highest BCUT2D eigenvalue weighted by atomic mass is 32.2. The van der Waals surface area contributed by atoms with Gasteiger partial charge >= 0.3 is 6.03 Å². The van der Waals surface area contributed by atoms with Gasteiger partial charge in [-0.15, -0.1) is 11.8 Å². The number of hydrogen-bond acceptors (Lipinski definition) is 3. The molecule has 0 spiro atoms. The molecule has 1 aliphatic heterocycles. The van der Waals surface area contributed by atoms with Crippen molar-refractivity contribution in [3.05, 3.63) is 59.7 Å². The van der Waals surface area contributed by atoms with Gasteiger partial charge in [-0.05, 0) is 45.0 Å². The van der Waals surface area contributed by atoms with Gasteiger partial charge < -0.3 is 15.1 Å². The Labute approximate surface area is 160 Å². The van der Waals surface area contributed by atoms with Crippen LogP contribution < -0.4 is 5.32 Å². The first-order valence-electron chi connectivity index (χ1n) is 8.91. The Hall–Kier alpha value is -1.98. The number of urea groups is 1. The van der Waals surface area contributed by atoms with Gasteiger partial charge in [-0.25, -0.2) is 4.79 Å². The van der Waals surface area contributed by atoms with Crippen molar-refractivity contribution in [2.24, 2.45) is 0 Å². The van der Waals surface area contributed by atoms with Crippen LogP contribution in [-0.2, 0) is 0 Å². The smallest absolute Gasteiger partial charge is 0.321 e. The largest absolute Gasteiger partial charge is 0.322 e. The quantitative estimate of drug-likeness (QED) is 0.817. The molecule has 0 aliphatic carbocycles. The average molecular weight is 370 g/mol. The zero-order chi connectivity index (χ0) is 18.7. The van der Waals surface area contributed by atoms with Gasteiger partial charge in [0.25, 0.3) is 0 Å². The highest BCUT2D eigenvalue weighted by molar-refractivity contribution is 7.98. The van der Waals surface area contributed by atoms with Crippen LogP contribution >= 0.6 is 11.8 Å². The molecule has 0 radical (unpaired) electrons.